The number of hydrogen-bond donors (Lipinski definition) is 4. The van der Waals surface area contributed by atoms with Crippen LogP contribution in [0.2, 0.25) is 0 Å². The molecule has 0 aliphatic carbocycles. The Balaban J connectivity index is 2.51. The topological polar surface area (TPSA) is 114 Å². The van der Waals surface area contributed by atoms with Gasteiger partial charge in [-0.1, -0.05) is 32.9 Å². The highest BCUT2D eigenvalue weighted by atomic mass is 32.1. The van der Waals surface area contributed by atoms with E-state index in [1.54, 1.807) is 45.0 Å². The number of anilines is 1. The number of carbonyl (C=O) groups excluding carboxylic acids is 4. The molecule has 0 saturated carbocycles. The minimum Gasteiger partial charge on any atom is -0.470 e. The van der Waals surface area contributed by atoms with E-state index in [-0.39, 0.29) is 36.6 Å². The second-order valence-electron chi connectivity index (χ2n) is 6.91. The predicted molar refractivity (Wildman–Crippen MR) is 114 cm³/mol. The van der Waals surface area contributed by atoms with Crippen molar-refractivity contribution in [1.82, 2.24) is 10.6 Å². The molecule has 2 unspecified atom stereocenters. The summed E-state index contributed by atoms with van der Waals surface area (Å²) >= 11 is 4.16. The Morgan fingerprint density at radius 3 is 2.21 bits per heavy atom. The van der Waals surface area contributed by atoms with Crippen LogP contribution in [0.4, 0.5) is 10.5 Å². The van der Waals surface area contributed by atoms with Crippen molar-refractivity contribution in [3.63, 3.8) is 0 Å². The molecule has 2 radical (unpaired) electrons. The Hall–Kier alpha value is -2.49. The fourth-order valence-corrected chi connectivity index (χ4v) is 2.52. The molecule has 0 heterocycles. The van der Waals surface area contributed by atoms with Crippen LogP contribution in [0, 0.1) is 5.92 Å². The maximum absolute atomic E-state index is 12.4. The third-order valence-corrected chi connectivity index (χ3v) is 3.97. The molecule has 0 bridgehead atoms. The van der Waals surface area contributed by atoms with Crippen LogP contribution >= 0.6 is 12.6 Å². The summed E-state index contributed by atoms with van der Waals surface area (Å²) in [6.45, 7) is 5.19. The van der Waals surface area contributed by atoms with Gasteiger partial charge in [0.2, 0.25) is 31.4 Å². The number of amides is 3. The van der Waals surface area contributed by atoms with Crippen LogP contribution in [-0.2, 0) is 25.7 Å². The van der Waals surface area contributed by atoms with Crippen molar-refractivity contribution in [1.29, 1.82) is 0 Å². The smallest absolute Gasteiger partial charge is 0.243 e. The monoisotopic (exact) mass is 419 g/mol. The van der Waals surface area contributed by atoms with E-state index in [1.165, 1.54) is 0 Å². The van der Waals surface area contributed by atoms with Crippen molar-refractivity contribution in [3.05, 3.63) is 29.8 Å². The van der Waals surface area contributed by atoms with Gasteiger partial charge in [0, 0.05) is 17.4 Å². The number of benzene rings is 1. The fourth-order valence-electron chi connectivity index (χ4n) is 2.36. The summed E-state index contributed by atoms with van der Waals surface area (Å²) in [5, 5.41) is 7.72. The Labute approximate surface area is 177 Å². The highest BCUT2D eigenvalue weighted by Gasteiger charge is 2.24. The summed E-state index contributed by atoms with van der Waals surface area (Å²) in [6.07, 6.45) is 0.195. The third kappa shape index (κ3) is 10.0. The van der Waals surface area contributed by atoms with Crippen molar-refractivity contribution in [2.75, 3.05) is 11.9 Å². The van der Waals surface area contributed by atoms with Gasteiger partial charge in [0.05, 0.1) is 6.54 Å². The lowest BCUT2D eigenvalue weighted by Gasteiger charge is -2.22. The lowest BCUT2D eigenvalue weighted by molar-refractivity contribution is -0.130. The van der Waals surface area contributed by atoms with Crippen molar-refractivity contribution in [2.45, 2.75) is 45.1 Å². The zero-order valence-electron chi connectivity index (χ0n) is 16.7. The van der Waals surface area contributed by atoms with Crippen LogP contribution < -0.4 is 16.0 Å². The second-order valence-corrected chi connectivity index (χ2v) is 7.79. The molecule has 156 valence electrons. The quantitative estimate of drug-likeness (QED) is 0.338. The summed E-state index contributed by atoms with van der Waals surface area (Å²) in [7, 11) is 4.90. The van der Waals surface area contributed by atoms with Gasteiger partial charge in [0.1, 0.15) is 12.6 Å². The molecule has 29 heavy (non-hydrogen) atoms. The minimum atomic E-state index is -0.867. The Bertz CT molecular complexity index is 725. The normalized spacial score (nSPS) is 12.6. The summed E-state index contributed by atoms with van der Waals surface area (Å²) in [6, 6.07) is 5.87. The molecular formula is C19H26BN3O5S. The first kappa shape index (κ1) is 24.6. The maximum Gasteiger partial charge on any atom is 0.243 e. The predicted octanol–water partition coefficient (Wildman–Crippen LogP) is 1.40. The highest BCUT2D eigenvalue weighted by molar-refractivity contribution is 7.80. The third-order valence-electron chi connectivity index (χ3n) is 3.79. The molecule has 0 aromatic heterocycles. The van der Waals surface area contributed by atoms with Gasteiger partial charge in [0.15, 0.2) is 0 Å². The number of nitrogens with one attached hydrogen (secondary N) is 3. The van der Waals surface area contributed by atoms with Crippen LogP contribution in [0.15, 0.2) is 24.3 Å². The van der Waals surface area contributed by atoms with E-state index in [2.05, 4.69) is 33.3 Å². The summed E-state index contributed by atoms with van der Waals surface area (Å²) in [5.41, 5.74) is 1.23. The van der Waals surface area contributed by atoms with Gasteiger partial charge in [-0.3, -0.25) is 19.2 Å². The van der Waals surface area contributed by atoms with E-state index < -0.39 is 23.7 Å². The molecule has 0 saturated heterocycles. The van der Waals surface area contributed by atoms with E-state index in [0.717, 1.165) is 0 Å². The lowest BCUT2D eigenvalue weighted by Crippen LogP contribution is -2.51. The second kappa shape index (κ2) is 12.2. The molecule has 3 N–H and O–H groups in total. The number of hydrogen-bond acceptors (Lipinski definition) is 6. The van der Waals surface area contributed by atoms with Crippen LogP contribution in [0.3, 0.4) is 0 Å². The summed E-state index contributed by atoms with van der Waals surface area (Å²) < 4.78 is 4.67. The first-order valence-electron chi connectivity index (χ1n) is 9.14. The Morgan fingerprint density at radius 2 is 1.69 bits per heavy atom. The number of ether oxygens (including phenoxy) is 1. The Morgan fingerprint density at radius 1 is 1.07 bits per heavy atom. The molecule has 3 amide bonds. The van der Waals surface area contributed by atoms with Crippen LogP contribution in [-0.4, -0.2) is 49.3 Å². The fraction of sp³-hybridized carbons (Fsp3) is 0.474. The molecule has 8 nitrogen and oxygen atoms in total. The average molecular weight is 419 g/mol. The molecular weight excluding hydrogens is 393 g/mol. The number of thiol groups is 1. The molecule has 2 atom stereocenters. The van der Waals surface area contributed by atoms with Gasteiger partial charge in [-0.25, -0.2) is 0 Å². The SMILES string of the molecule is [B]C(=O)OCc1ccc(NC(=O)CNC(=O)C(NC(=O)CC(C)S)C(C)C)cc1. The van der Waals surface area contributed by atoms with Crippen LogP contribution in [0.5, 0.6) is 0 Å². The van der Waals surface area contributed by atoms with Gasteiger partial charge < -0.3 is 20.7 Å². The first-order chi connectivity index (χ1) is 13.6. The van der Waals surface area contributed by atoms with Crippen molar-refractivity contribution >= 4 is 49.8 Å². The van der Waals surface area contributed by atoms with Gasteiger partial charge in [-0.05, 0) is 23.6 Å². The van der Waals surface area contributed by atoms with Crippen LogP contribution in [0.25, 0.3) is 0 Å². The van der Waals surface area contributed by atoms with E-state index in [1.807, 2.05) is 0 Å². The van der Waals surface area contributed by atoms with Crippen LogP contribution in [0.1, 0.15) is 32.8 Å². The van der Waals surface area contributed by atoms with E-state index in [0.29, 0.717) is 11.3 Å². The molecule has 0 spiro atoms. The van der Waals surface area contributed by atoms with Gasteiger partial charge in [-0.15, -0.1) is 0 Å². The summed E-state index contributed by atoms with van der Waals surface area (Å²) in [5.74, 6) is -2.14. The number of carbonyl (C=O) groups is 4. The zero-order valence-corrected chi connectivity index (χ0v) is 17.6. The Kier molecular flexibility index (Phi) is 10.3. The lowest BCUT2D eigenvalue weighted by atomic mass is 10.0. The zero-order chi connectivity index (χ0) is 22.0. The van der Waals surface area contributed by atoms with Gasteiger partial charge >= 0.3 is 0 Å². The van der Waals surface area contributed by atoms with Crippen molar-refractivity contribution in [2.24, 2.45) is 5.92 Å². The highest BCUT2D eigenvalue weighted by Crippen LogP contribution is 2.10. The maximum atomic E-state index is 12.4. The molecule has 0 aliphatic heterocycles. The largest absolute Gasteiger partial charge is 0.470 e. The molecule has 1 aromatic rings. The first-order valence-corrected chi connectivity index (χ1v) is 9.66. The standard InChI is InChI=1S/C19H26BN3O5S/c1-11(2)17(23-15(24)8-12(3)29)18(26)21-9-16(25)22-14-6-4-13(5-7-14)10-28-19(20)27/h4-7,11-12,17,29H,8-10H2,1-3H3,(H,21,26)(H,22,25)(H,23,24). The van der Waals surface area contributed by atoms with Gasteiger partial charge in [-0.2, -0.15) is 12.6 Å². The summed E-state index contributed by atoms with van der Waals surface area (Å²) in [4.78, 5) is 46.9. The molecule has 10 heteroatoms. The molecule has 0 aliphatic rings. The van der Waals surface area contributed by atoms with E-state index >= 15 is 0 Å². The number of rotatable bonds is 10. The van der Waals surface area contributed by atoms with E-state index in [9.17, 15) is 19.2 Å². The average Bonchev–Trinajstić information content (AvgIpc) is 2.62. The van der Waals surface area contributed by atoms with E-state index in [4.69, 9.17) is 7.85 Å². The molecule has 1 rings (SSSR count). The molecule has 1 aromatic carbocycles. The van der Waals surface area contributed by atoms with Crippen molar-refractivity contribution in [3.8, 4) is 0 Å². The molecule has 0 fully saturated rings. The minimum absolute atomic E-state index is 0.0356. The van der Waals surface area contributed by atoms with Crippen molar-refractivity contribution < 1.29 is 23.9 Å². The van der Waals surface area contributed by atoms with Gasteiger partial charge in [0.25, 0.3) is 0 Å².